The lowest BCUT2D eigenvalue weighted by atomic mass is 10.00. The van der Waals surface area contributed by atoms with Crippen molar-refractivity contribution >= 4 is 65.4 Å². The highest BCUT2D eigenvalue weighted by molar-refractivity contribution is 6.20. The molecule has 11 nitrogen and oxygen atoms in total. The zero-order valence-electron chi connectivity index (χ0n) is 42.7. The summed E-state index contributed by atoms with van der Waals surface area (Å²) in [5.41, 5.74) is 13.7. The van der Waals surface area contributed by atoms with E-state index in [1.54, 1.807) is 0 Å². The molecule has 0 spiro atoms. The van der Waals surface area contributed by atoms with Gasteiger partial charge in [-0.3, -0.25) is 9.13 Å². The Kier molecular flexibility index (Phi) is 10.3. The molecule has 0 unspecified atom stereocenters. The van der Waals surface area contributed by atoms with Crippen molar-refractivity contribution in [2.45, 2.75) is 0 Å². The normalized spacial score (nSPS) is 11.8. The summed E-state index contributed by atoms with van der Waals surface area (Å²) in [6.45, 7) is 0. The van der Waals surface area contributed by atoms with Gasteiger partial charge in [0.1, 0.15) is 0 Å². The monoisotopic (exact) mass is 1030 g/mol. The summed E-state index contributed by atoms with van der Waals surface area (Å²) in [5.74, 6) is 3.40. The molecule has 0 saturated heterocycles. The van der Waals surface area contributed by atoms with E-state index in [1.807, 2.05) is 156 Å². The van der Waals surface area contributed by atoms with Crippen LogP contribution in [0.3, 0.4) is 0 Å². The van der Waals surface area contributed by atoms with Crippen molar-refractivity contribution < 1.29 is 0 Å². The van der Waals surface area contributed by atoms with E-state index in [2.05, 4.69) is 123 Å². The largest absolute Gasteiger partial charge is 0.316 e. The molecule has 0 radical (unpaired) electrons. The molecular weight excluding hydrogens is 983 g/mol. The van der Waals surface area contributed by atoms with Crippen LogP contribution in [0.25, 0.3) is 145 Å². The highest BCUT2D eigenvalue weighted by atomic mass is 15.3. The minimum Gasteiger partial charge on any atom is -0.316 e. The molecule has 6 heterocycles. The molecule has 0 saturated carbocycles. The molecular formula is C69H43N11. The van der Waals surface area contributed by atoms with Gasteiger partial charge >= 0.3 is 0 Å². The molecule has 10 aromatic carbocycles. The predicted octanol–water partition coefficient (Wildman–Crippen LogP) is 15.9. The zero-order chi connectivity index (χ0) is 52.7. The number of nitrogens with zero attached hydrogens (tertiary/aromatic N) is 11. The Morgan fingerprint density at radius 1 is 0.263 bits per heavy atom. The molecule has 16 rings (SSSR count). The van der Waals surface area contributed by atoms with Crippen LogP contribution in [0.1, 0.15) is 0 Å². The van der Waals surface area contributed by atoms with Crippen molar-refractivity contribution in [2.24, 2.45) is 0 Å². The molecule has 0 aliphatic heterocycles. The van der Waals surface area contributed by atoms with Gasteiger partial charge < -0.3 is 4.57 Å². The van der Waals surface area contributed by atoms with Crippen LogP contribution < -0.4 is 0 Å². The molecule has 0 fully saturated rings. The second-order valence-corrected chi connectivity index (χ2v) is 19.9. The third-order valence-electron chi connectivity index (χ3n) is 15.2. The second-order valence-electron chi connectivity index (χ2n) is 19.9. The number of hydrogen-bond donors (Lipinski definition) is 0. The molecule has 0 aliphatic carbocycles. The van der Waals surface area contributed by atoms with Crippen LogP contribution in [0.15, 0.2) is 261 Å². The first-order chi connectivity index (χ1) is 39.7. The fourth-order valence-corrected chi connectivity index (χ4v) is 11.5. The fraction of sp³-hybridized carbons (Fsp3) is 0. The van der Waals surface area contributed by atoms with E-state index in [-0.39, 0.29) is 0 Å². The number of hydrogen-bond acceptors (Lipinski definition) is 7. The number of fused-ring (bicyclic) bond motifs is 10. The van der Waals surface area contributed by atoms with Gasteiger partial charge in [0.05, 0.1) is 45.0 Å². The number of para-hydroxylation sites is 2. The van der Waals surface area contributed by atoms with Crippen LogP contribution in [-0.2, 0) is 0 Å². The Bertz CT molecular complexity index is 4600. The highest BCUT2D eigenvalue weighted by Crippen LogP contribution is 2.42. The van der Waals surface area contributed by atoms with Gasteiger partial charge in [0.15, 0.2) is 23.3 Å². The topological polar surface area (TPSA) is 110 Å². The summed E-state index contributed by atoms with van der Waals surface area (Å²) >= 11 is 0. The van der Waals surface area contributed by atoms with Gasteiger partial charge in [0, 0.05) is 66.5 Å². The van der Waals surface area contributed by atoms with Crippen molar-refractivity contribution in [3.8, 4) is 79.9 Å². The van der Waals surface area contributed by atoms with Gasteiger partial charge in [-0.05, 0) is 83.9 Å². The van der Waals surface area contributed by atoms with E-state index in [0.29, 0.717) is 35.2 Å². The van der Waals surface area contributed by atoms with Crippen molar-refractivity contribution in [3.63, 3.8) is 0 Å². The second kappa shape index (κ2) is 18.3. The lowest BCUT2D eigenvalue weighted by molar-refractivity contribution is 0.911. The van der Waals surface area contributed by atoms with E-state index in [1.165, 1.54) is 0 Å². The molecule has 0 aliphatic rings. The average molecular weight is 1030 g/mol. The van der Waals surface area contributed by atoms with Gasteiger partial charge in [0.2, 0.25) is 11.9 Å². The van der Waals surface area contributed by atoms with Crippen molar-refractivity contribution in [3.05, 3.63) is 261 Å². The van der Waals surface area contributed by atoms with Crippen LogP contribution in [0.4, 0.5) is 0 Å². The van der Waals surface area contributed by atoms with Crippen LogP contribution in [0.5, 0.6) is 0 Å². The minimum absolute atomic E-state index is 0.510. The third kappa shape index (κ3) is 7.33. The molecule has 80 heavy (non-hydrogen) atoms. The van der Waals surface area contributed by atoms with E-state index >= 15 is 0 Å². The fourth-order valence-electron chi connectivity index (χ4n) is 11.5. The van der Waals surface area contributed by atoms with Gasteiger partial charge in [0.25, 0.3) is 0 Å². The van der Waals surface area contributed by atoms with E-state index < -0.39 is 0 Å². The van der Waals surface area contributed by atoms with Crippen molar-refractivity contribution in [1.29, 1.82) is 0 Å². The summed E-state index contributed by atoms with van der Waals surface area (Å²) in [6.07, 6.45) is 4.12. The van der Waals surface area contributed by atoms with Gasteiger partial charge in [-0.1, -0.05) is 176 Å². The van der Waals surface area contributed by atoms with Crippen molar-refractivity contribution in [1.82, 2.24) is 53.4 Å². The van der Waals surface area contributed by atoms with E-state index in [4.69, 9.17) is 35.0 Å². The van der Waals surface area contributed by atoms with Crippen molar-refractivity contribution in [2.75, 3.05) is 0 Å². The summed E-state index contributed by atoms with van der Waals surface area (Å²) in [6, 6.07) is 85.8. The maximum atomic E-state index is 5.31. The maximum absolute atomic E-state index is 5.31. The molecule has 6 aromatic heterocycles. The van der Waals surface area contributed by atoms with E-state index in [9.17, 15) is 0 Å². The Morgan fingerprint density at radius 2 is 0.650 bits per heavy atom. The van der Waals surface area contributed by atoms with Gasteiger partial charge in [-0.25, -0.2) is 14.6 Å². The third-order valence-corrected chi connectivity index (χ3v) is 15.2. The first kappa shape index (κ1) is 45.1. The summed E-state index contributed by atoms with van der Waals surface area (Å²) in [5, 5.41) is 11.3. The predicted molar refractivity (Wildman–Crippen MR) is 321 cm³/mol. The average Bonchev–Trinajstić information content (AvgIpc) is 4.29. The summed E-state index contributed by atoms with van der Waals surface area (Å²) in [7, 11) is 0. The van der Waals surface area contributed by atoms with Crippen LogP contribution in [0, 0.1) is 0 Å². The van der Waals surface area contributed by atoms with Crippen LogP contribution in [0.2, 0.25) is 0 Å². The Morgan fingerprint density at radius 3 is 1.10 bits per heavy atom. The minimum atomic E-state index is 0.510. The van der Waals surface area contributed by atoms with Gasteiger partial charge in [-0.2, -0.15) is 25.0 Å². The van der Waals surface area contributed by atoms with Crippen LogP contribution in [-0.4, -0.2) is 53.4 Å². The lowest BCUT2D eigenvalue weighted by Gasteiger charge is -2.12. The first-order valence-corrected chi connectivity index (χ1v) is 26.6. The molecule has 11 heteroatoms. The Balaban J connectivity index is 0.936. The quantitative estimate of drug-likeness (QED) is 0.142. The summed E-state index contributed by atoms with van der Waals surface area (Å²) in [4.78, 5) is 31.4. The number of aromatic nitrogens is 11. The van der Waals surface area contributed by atoms with Gasteiger partial charge in [-0.15, -0.1) is 0 Å². The number of rotatable bonds is 9. The Hall–Kier alpha value is -11.2. The Labute approximate surface area is 457 Å². The molecule has 0 atom stereocenters. The standard InChI is InChI=1S/C69H43N11/c1-7-19-44(20-8-1)64-71-65(45-21-9-2-10-22-45)74-68(73-64)78-59-35-31-48(41-55(59)52-33-37-58-54(62(52)78)39-40-77(58)50-27-15-5-16-28-50)49-32-36-60-56(42-49)53-34-38-61-57(43-70-80(61)51-29-17-6-18-30-51)63(53)79(60)69-75-66(46-23-11-3-12-24-46)72-67(76-69)47-25-13-4-14-26-47/h1-43H. The number of benzene rings is 10. The summed E-state index contributed by atoms with van der Waals surface area (Å²) < 4.78 is 8.67. The SMILES string of the molecule is c1ccc(-c2nc(-c3ccccc3)nc(-n3c4ccc(-c5ccc6c(c5)c5ccc7c(cnn7-c7ccccc7)c5n6-c5nc(-c6ccccc6)nc(-c6ccccc6)n5)cc4c4ccc5c(ccn5-c5ccccc5)c43)n2)cc1. The highest BCUT2D eigenvalue weighted by Gasteiger charge is 2.25. The molecule has 0 bridgehead atoms. The lowest BCUT2D eigenvalue weighted by Crippen LogP contribution is -2.06. The molecule has 374 valence electrons. The van der Waals surface area contributed by atoms with Crippen LogP contribution >= 0.6 is 0 Å². The molecule has 16 aromatic rings. The zero-order valence-corrected chi connectivity index (χ0v) is 42.7. The maximum Gasteiger partial charge on any atom is 0.238 e. The molecule has 0 N–H and O–H groups in total. The van der Waals surface area contributed by atoms with E-state index in [0.717, 1.165) is 110 Å². The first-order valence-electron chi connectivity index (χ1n) is 26.6. The smallest absolute Gasteiger partial charge is 0.238 e. The molecule has 0 amide bonds.